The second-order valence-electron chi connectivity index (χ2n) is 5.90. The summed E-state index contributed by atoms with van der Waals surface area (Å²) in [6.45, 7) is 4.96. The molecular weight excluding hydrogens is 270 g/mol. The average molecular weight is 287 g/mol. The van der Waals surface area contributed by atoms with Crippen LogP contribution in [-0.2, 0) is 4.74 Å². The molecule has 1 aliphatic heterocycles. The topological polar surface area (TPSA) is 53.7 Å². The van der Waals surface area contributed by atoms with Gasteiger partial charge in [-0.1, -0.05) is 0 Å². The highest BCUT2D eigenvalue weighted by Gasteiger charge is 2.30. The highest BCUT2D eigenvalue weighted by molar-refractivity contribution is 7.71. The van der Waals surface area contributed by atoms with E-state index in [-0.39, 0.29) is 5.60 Å². The van der Waals surface area contributed by atoms with Gasteiger partial charge in [0, 0.05) is 12.6 Å². The molecule has 3 rings (SSSR count). The molecule has 1 fully saturated rings. The van der Waals surface area contributed by atoms with Gasteiger partial charge < -0.3 is 14.3 Å². The molecule has 2 aromatic rings. The molecule has 1 atom stereocenters. The molecule has 4 nitrogen and oxygen atoms in total. The van der Waals surface area contributed by atoms with Crippen LogP contribution in [0.5, 0.6) is 0 Å². The normalized spacial score (nSPS) is 21.8. The van der Waals surface area contributed by atoms with E-state index in [1.54, 1.807) is 0 Å². The maximum atomic E-state index is 9.07. The first kappa shape index (κ1) is 13.3. The minimum atomic E-state index is -0.131. The predicted octanol–water partition coefficient (Wildman–Crippen LogP) is 3.70. The SMILES string of the molecule is CC1(C)CC(n2c(=S)[nH]c3ccc(C#N)cc32)CCO1. The number of rotatable bonds is 1. The summed E-state index contributed by atoms with van der Waals surface area (Å²) in [5.41, 5.74) is 2.52. The van der Waals surface area contributed by atoms with E-state index in [2.05, 4.69) is 29.5 Å². The number of nitriles is 1. The monoisotopic (exact) mass is 287 g/mol. The molecule has 1 aromatic carbocycles. The molecule has 104 valence electrons. The van der Waals surface area contributed by atoms with Gasteiger partial charge in [0.25, 0.3) is 0 Å². The molecule has 0 bridgehead atoms. The lowest BCUT2D eigenvalue weighted by molar-refractivity contribution is -0.0687. The van der Waals surface area contributed by atoms with Crippen LogP contribution in [-0.4, -0.2) is 21.8 Å². The van der Waals surface area contributed by atoms with Crippen LogP contribution in [0.25, 0.3) is 11.0 Å². The van der Waals surface area contributed by atoms with Crippen molar-refractivity contribution in [1.29, 1.82) is 5.26 Å². The number of fused-ring (bicyclic) bond motifs is 1. The summed E-state index contributed by atoms with van der Waals surface area (Å²) in [5.74, 6) is 0. The number of nitrogens with one attached hydrogen (secondary N) is 1. The van der Waals surface area contributed by atoms with Gasteiger partial charge in [0.15, 0.2) is 4.77 Å². The second-order valence-corrected chi connectivity index (χ2v) is 6.29. The van der Waals surface area contributed by atoms with Gasteiger partial charge in [0.05, 0.1) is 28.3 Å². The van der Waals surface area contributed by atoms with Crippen LogP contribution >= 0.6 is 12.2 Å². The maximum absolute atomic E-state index is 9.07. The van der Waals surface area contributed by atoms with Crippen molar-refractivity contribution in [2.24, 2.45) is 0 Å². The first-order valence-electron chi connectivity index (χ1n) is 6.78. The van der Waals surface area contributed by atoms with Crippen molar-refractivity contribution < 1.29 is 4.74 Å². The molecule has 1 aromatic heterocycles. The Labute approximate surface area is 123 Å². The molecule has 1 saturated heterocycles. The van der Waals surface area contributed by atoms with E-state index in [9.17, 15) is 0 Å². The van der Waals surface area contributed by atoms with Crippen molar-refractivity contribution in [1.82, 2.24) is 9.55 Å². The fourth-order valence-electron chi connectivity index (χ4n) is 2.97. The zero-order valence-electron chi connectivity index (χ0n) is 11.6. The summed E-state index contributed by atoms with van der Waals surface area (Å²) in [4.78, 5) is 3.23. The van der Waals surface area contributed by atoms with Crippen LogP contribution in [0, 0.1) is 16.1 Å². The molecule has 0 spiro atoms. The Hall–Kier alpha value is -1.64. The van der Waals surface area contributed by atoms with Crippen molar-refractivity contribution in [2.45, 2.75) is 38.3 Å². The van der Waals surface area contributed by atoms with Crippen molar-refractivity contribution in [3.05, 3.63) is 28.5 Å². The molecule has 0 amide bonds. The molecule has 0 aliphatic carbocycles. The molecule has 20 heavy (non-hydrogen) atoms. The molecule has 5 heteroatoms. The lowest BCUT2D eigenvalue weighted by Crippen LogP contribution is -2.35. The van der Waals surface area contributed by atoms with Gasteiger partial charge in [-0.3, -0.25) is 0 Å². The zero-order chi connectivity index (χ0) is 14.3. The van der Waals surface area contributed by atoms with Gasteiger partial charge in [0.2, 0.25) is 0 Å². The van der Waals surface area contributed by atoms with Gasteiger partial charge in [-0.05, 0) is 57.1 Å². The zero-order valence-corrected chi connectivity index (χ0v) is 12.5. The molecule has 0 radical (unpaired) electrons. The third-order valence-corrected chi connectivity index (χ3v) is 4.18. The highest BCUT2D eigenvalue weighted by Crippen LogP contribution is 2.34. The van der Waals surface area contributed by atoms with Crippen molar-refractivity contribution in [2.75, 3.05) is 6.61 Å². The largest absolute Gasteiger partial charge is 0.375 e. The van der Waals surface area contributed by atoms with Crippen LogP contribution in [0.4, 0.5) is 0 Å². The molecule has 1 N–H and O–H groups in total. The Morgan fingerprint density at radius 3 is 3.00 bits per heavy atom. The summed E-state index contributed by atoms with van der Waals surface area (Å²) in [5, 5.41) is 9.07. The molecular formula is C15H17N3OS. The number of hydrogen-bond acceptors (Lipinski definition) is 3. The van der Waals surface area contributed by atoms with E-state index >= 15 is 0 Å². The number of nitrogens with zero attached hydrogens (tertiary/aromatic N) is 2. The smallest absolute Gasteiger partial charge is 0.178 e. The predicted molar refractivity (Wildman–Crippen MR) is 80.1 cm³/mol. The number of hydrogen-bond donors (Lipinski definition) is 1. The van der Waals surface area contributed by atoms with Crippen LogP contribution in [0.3, 0.4) is 0 Å². The lowest BCUT2D eigenvalue weighted by Gasteiger charge is -2.36. The number of H-pyrrole nitrogens is 1. The fraction of sp³-hybridized carbons (Fsp3) is 0.467. The Balaban J connectivity index is 2.13. The summed E-state index contributed by atoms with van der Waals surface area (Å²) in [6, 6.07) is 8.14. The third kappa shape index (κ3) is 2.26. The quantitative estimate of drug-likeness (QED) is 0.814. The fourth-order valence-corrected chi connectivity index (χ4v) is 3.33. The van der Waals surface area contributed by atoms with Gasteiger partial charge in [-0.2, -0.15) is 5.26 Å². The van der Waals surface area contributed by atoms with Gasteiger partial charge in [-0.25, -0.2) is 0 Å². The number of aromatic amines is 1. The standard InChI is InChI=1S/C15H17N3OS/c1-15(2)8-11(5-6-19-15)18-13-7-10(9-16)3-4-12(13)17-14(18)20/h3-4,7,11H,5-6,8H2,1-2H3,(H,17,20). The summed E-state index contributed by atoms with van der Waals surface area (Å²) >= 11 is 5.47. The Morgan fingerprint density at radius 1 is 1.50 bits per heavy atom. The Bertz CT molecular complexity index is 751. The average Bonchev–Trinajstić information content (AvgIpc) is 2.72. The summed E-state index contributed by atoms with van der Waals surface area (Å²) in [6.07, 6.45) is 1.87. The van der Waals surface area contributed by atoms with E-state index in [1.807, 2.05) is 18.2 Å². The minimum Gasteiger partial charge on any atom is -0.375 e. The van der Waals surface area contributed by atoms with E-state index < -0.39 is 0 Å². The van der Waals surface area contributed by atoms with Crippen LogP contribution in [0.15, 0.2) is 18.2 Å². The van der Waals surface area contributed by atoms with Crippen LogP contribution < -0.4 is 0 Å². The van der Waals surface area contributed by atoms with E-state index in [1.165, 1.54) is 0 Å². The summed E-state index contributed by atoms with van der Waals surface area (Å²) < 4.78 is 8.65. The lowest BCUT2D eigenvalue weighted by atomic mass is 9.93. The van der Waals surface area contributed by atoms with Crippen molar-refractivity contribution >= 4 is 23.3 Å². The third-order valence-electron chi connectivity index (χ3n) is 3.88. The van der Waals surface area contributed by atoms with E-state index in [0.717, 1.165) is 35.3 Å². The Morgan fingerprint density at radius 2 is 2.30 bits per heavy atom. The van der Waals surface area contributed by atoms with E-state index in [4.69, 9.17) is 22.2 Å². The number of imidazole rings is 1. The number of ether oxygens (including phenoxy) is 1. The number of benzene rings is 1. The van der Waals surface area contributed by atoms with Gasteiger partial charge in [-0.15, -0.1) is 0 Å². The minimum absolute atomic E-state index is 0.131. The van der Waals surface area contributed by atoms with Crippen molar-refractivity contribution in [3.8, 4) is 6.07 Å². The molecule has 1 aliphatic rings. The maximum Gasteiger partial charge on any atom is 0.178 e. The van der Waals surface area contributed by atoms with Gasteiger partial charge >= 0.3 is 0 Å². The first-order valence-corrected chi connectivity index (χ1v) is 7.19. The second kappa shape index (κ2) is 4.72. The molecule has 1 unspecified atom stereocenters. The van der Waals surface area contributed by atoms with E-state index in [0.29, 0.717) is 11.6 Å². The first-order chi connectivity index (χ1) is 9.50. The molecule has 0 saturated carbocycles. The van der Waals surface area contributed by atoms with Crippen molar-refractivity contribution in [3.63, 3.8) is 0 Å². The number of aromatic nitrogens is 2. The van der Waals surface area contributed by atoms with Crippen LogP contribution in [0.2, 0.25) is 0 Å². The van der Waals surface area contributed by atoms with Gasteiger partial charge in [0.1, 0.15) is 0 Å². The Kier molecular flexibility index (Phi) is 3.15. The molecule has 2 heterocycles. The van der Waals surface area contributed by atoms with Crippen LogP contribution in [0.1, 0.15) is 38.3 Å². The highest BCUT2D eigenvalue weighted by atomic mass is 32.1. The summed E-state index contributed by atoms with van der Waals surface area (Å²) in [7, 11) is 0.